The SMILES string of the molecule is COc1ccc(Br)cc1/C=N\Nc1nc2c(c(=O)n(C)c(=O)n2C)n1CC(C)C. The molecule has 0 saturated heterocycles. The van der Waals surface area contributed by atoms with Gasteiger partial charge in [-0.2, -0.15) is 10.1 Å². The first-order chi connectivity index (χ1) is 13.7. The minimum Gasteiger partial charge on any atom is -0.496 e. The summed E-state index contributed by atoms with van der Waals surface area (Å²) in [5, 5.41) is 4.27. The van der Waals surface area contributed by atoms with Crippen LogP contribution in [-0.2, 0) is 20.6 Å². The summed E-state index contributed by atoms with van der Waals surface area (Å²) in [6.45, 7) is 4.62. The summed E-state index contributed by atoms with van der Waals surface area (Å²) in [7, 11) is 4.64. The molecule has 0 radical (unpaired) electrons. The van der Waals surface area contributed by atoms with Crippen molar-refractivity contribution in [2.75, 3.05) is 12.5 Å². The van der Waals surface area contributed by atoms with Crippen molar-refractivity contribution < 1.29 is 4.74 Å². The number of aryl methyl sites for hydroxylation is 1. The summed E-state index contributed by atoms with van der Waals surface area (Å²) in [4.78, 5) is 29.5. The van der Waals surface area contributed by atoms with Crippen LogP contribution in [0.4, 0.5) is 5.95 Å². The van der Waals surface area contributed by atoms with E-state index in [-0.39, 0.29) is 11.5 Å². The van der Waals surface area contributed by atoms with Crippen molar-refractivity contribution in [2.24, 2.45) is 25.1 Å². The van der Waals surface area contributed by atoms with Gasteiger partial charge in [-0.3, -0.25) is 13.9 Å². The van der Waals surface area contributed by atoms with E-state index in [4.69, 9.17) is 4.74 Å². The number of imidazole rings is 1. The Morgan fingerprint density at radius 2 is 2.00 bits per heavy atom. The predicted octanol–water partition coefficient (Wildman–Crippen LogP) is 2.31. The number of nitrogens with one attached hydrogen (secondary N) is 1. The molecule has 2 heterocycles. The molecule has 154 valence electrons. The highest BCUT2D eigenvalue weighted by atomic mass is 79.9. The number of anilines is 1. The second-order valence-electron chi connectivity index (χ2n) is 7.07. The molecule has 2 aromatic heterocycles. The van der Waals surface area contributed by atoms with Crippen molar-refractivity contribution >= 4 is 39.3 Å². The van der Waals surface area contributed by atoms with Crippen molar-refractivity contribution in [2.45, 2.75) is 20.4 Å². The lowest BCUT2D eigenvalue weighted by atomic mass is 10.2. The highest BCUT2D eigenvalue weighted by molar-refractivity contribution is 9.10. The first-order valence-corrected chi connectivity index (χ1v) is 9.82. The molecule has 0 atom stereocenters. The quantitative estimate of drug-likeness (QED) is 0.447. The number of nitrogens with zero attached hydrogens (tertiary/aromatic N) is 5. The Labute approximate surface area is 175 Å². The maximum atomic E-state index is 12.7. The molecule has 0 aliphatic heterocycles. The molecule has 0 spiro atoms. The third-order valence-electron chi connectivity index (χ3n) is 4.46. The maximum Gasteiger partial charge on any atom is 0.332 e. The first kappa shape index (κ1) is 20.8. The number of methoxy groups -OCH3 is 1. The molecular formula is C19H23BrN6O3. The van der Waals surface area contributed by atoms with Gasteiger partial charge in [0.2, 0.25) is 5.95 Å². The lowest BCUT2D eigenvalue weighted by molar-refractivity contribution is 0.414. The molecule has 0 saturated carbocycles. The number of hydrazone groups is 1. The second-order valence-corrected chi connectivity index (χ2v) is 7.99. The zero-order valence-electron chi connectivity index (χ0n) is 16.9. The van der Waals surface area contributed by atoms with Gasteiger partial charge in [-0.1, -0.05) is 29.8 Å². The molecule has 0 aliphatic carbocycles. The van der Waals surface area contributed by atoms with Gasteiger partial charge in [-0.15, -0.1) is 0 Å². The van der Waals surface area contributed by atoms with Crippen LogP contribution in [0, 0.1) is 5.92 Å². The molecule has 0 fully saturated rings. The molecule has 1 N–H and O–H groups in total. The van der Waals surface area contributed by atoms with Crippen LogP contribution in [0.1, 0.15) is 19.4 Å². The number of halogens is 1. The third-order valence-corrected chi connectivity index (χ3v) is 4.95. The Bertz CT molecular complexity index is 1210. The first-order valence-electron chi connectivity index (χ1n) is 9.03. The average Bonchev–Trinajstić information content (AvgIpc) is 3.02. The summed E-state index contributed by atoms with van der Waals surface area (Å²) >= 11 is 3.43. The van der Waals surface area contributed by atoms with E-state index in [0.717, 1.165) is 14.6 Å². The highest BCUT2D eigenvalue weighted by Crippen LogP contribution is 2.22. The molecule has 0 bridgehead atoms. The van der Waals surface area contributed by atoms with Crippen LogP contribution in [0.2, 0.25) is 0 Å². The van der Waals surface area contributed by atoms with Crippen LogP contribution in [0.15, 0.2) is 37.4 Å². The van der Waals surface area contributed by atoms with Crippen LogP contribution < -0.4 is 21.4 Å². The molecule has 10 heteroatoms. The van der Waals surface area contributed by atoms with E-state index in [0.29, 0.717) is 29.4 Å². The second kappa shape index (κ2) is 8.24. The summed E-state index contributed by atoms with van der Waals surface area (Å²) in [5.74, 6) is 1.31. The number of rotatable bonds is 6. The monoisotopic (exact) mass is 462 g/mol. The van der Waals surface area contributed by atoms with Crippen molar-refractivity contribution in [1.82, 2.24) is 18.7 Å². The standard InChI is InChI=1S/C19H23BrN6O3/c1-11(2)10-26-15-16(24(3)19(28)25(4)17(15)27)22-18(26)23-21-9-12-8-13(20)6-7-14(12)29-5/h6-9,11H,10H2,1-5H3,(H,22,23)/b21-9-. The minimum absolute atomic E-state index is 0.254. The van der Waals surface area contributed by atoms with Gasteiger partial charge >= 0.3 is 5.69 Å². The van der Waals surface area contributed by atoms with E-state index in [2.05, 4.69) is 31.4 Å². The normalized spacial score (nSPS) is 11.7. The molecular weight excluding hydrogens is 440 g/mol. The zero-order valence-corrected chi connectivity index (χ0v) is 18.5. The van der Waals surface area contributed by atoms with Crippen LogP contribution in [0.5, 0.6) is 5.75 Å². The third kappa shape index (κ3) is 3.98. The van der Waals surface area contributed by atoms with Crippen molar-refractivity contribution in [1.29, 1.82) is 0 Å². The number of ether oxygens (including phenoxy) is 1. The van der Waals surface area contributed by atoms with Crippen LogP contribution >= 0.6 is 15.9 Å². The largest absolute Gasteiger partial charge is 0.496 e. The summed E-state index contributed by atoms with van der Waals surface area (Å²) < 4.78 is 10.4. The molecule has 0 unspecified atom stereocenters. The fraction of sp³-hybridized carbons (Fsp3) is 0.368. The Kier molecular flexibility index (Phi) is 5.92. The van der Waals surface area contributed by atoms with Gasteiger partial charge in [-0.05, 0) is 24.1 Å². The molecule has 3 aromatic rings. The van der Waals surface area contributed by atoms with E-state index in [9.17, 15) is 9.59 Å². The van der Waals surface area contributed by atoms with E-state index < -0.39 is 5.69 Å². The Hall–Kier alpha value is -2.88. The number of benzene rings is 1. The van der Waals surface area contributed by atoms with E-state index in [1.54, 1.807) is 24.9 Å². The Morgan fingerprint density at radius 1 is 1.28 bits per heavy atom. The molecule has 3 rings (SSSR count). The van der Waals surface area contributed by atoms with Crippen molar-refractivity contribution in [3.63, 3.8) is 0 Å². The number of hydrogen-bond acceptors (Lipinski definition) is 6. The zero-order chi connectivity index (χ0) is 21.3. The lowest BCUT2D eigenvalue weighted by Gasteiger charge is -2.11. The fourth-order valence-electron chi connectivity index (χ4n) is 3.04. The molecule has 0 aliphatic rings. The average molecular weight is 463 g/mol. The Morgan fingerprint density at radius 3 is 2.66 bits per heavy atom. The van der Waals surface area contributed by atoms with Gasteiger partial charge in [0.25, 0.3) is 5.56 Å². The maximum absolute atomic E-state index is 12.7. The van der Waals surface area contributed by atoms with Crippen LogP contribution in [-0.4, -0.2) is 32.0 Å². The van der Waals surface area contributed by atoms with E-state index in [1.165, 1.54) is 11.6 Å². The summed E-state index contributed by atoms with van der Waals surface area (Å²) in [5.41, 5.74) is 3.54. The van der Waals surface area contributed by atoms with Gasteiger partial charge in [-0.25, -0.2) is 10.2 Å². The number of aromatic nitrogens is 4. The van der Waals surface area contributed by atoms with E-state index >= 15 is 0 Å². The number of fused-ring (bicyclic) bond motifs is 1. The molecule has 0 amide bonds. The van der Waals surface area contributed by atoms with E-state index in [1.807, 2.05) is 32.0 Å². The molecule has 29 heavy (non-hydrogen) atoms. The Balaban J connectivity index is 2.09. The van der Waals surface area contributed by atoms with Gasteiger partial charge < -0.3 is 9.30 Å². The fourth-order valence-corrected chi connectivity index (χ4v) is 3.42. The summed E-state index contributed by atoms with van der Waals surface area (Å²) in [6, 6.07) is 5.58. The van der Waals surface area contributed by atoms with Gasteiger partial charge in [0.15, 0.2) is 11.2 Å². The predicted molar refractivity (Wildman–Crippen MR) is 117 cm³/mol. The van der Waals surface area contributed by atoms with Crippen molar-refractivity contribution in [3.05, 3.63) is 49.1 Å². The smallest absolute Gasteiger partial charge is 0.332 e. The topological polar surface area (TPSA) is 95.4 Å². The van der Waals surface area contributed by atoms with Crippen LogP contribution in [0.25, 0.3) is 11.2 Å². The van der Waals surface area contributed by atoms with Crippen molar-refractivity contribution in [3.8, 4) is 5.75 Å². The van der Waals surface area contributed by atoms with Gasteiger partial charge in [0.1, 0.15) is 5.75 Å². The van der Waals surface area contributed by atoms with Crippen LogP contribution in [0.3, 0.4) is 0 Å². The number of hydrogen-bond donors (Lipinski definition) is 1. The lowest BCUT2D eigenvalue weighted by Crippen LogP contribution is -2.37. The molecule has 1 aromatic carbocycles. The highest BCUT2D eigenvalue weighted by Gasteiger charge is 2.19. The summed E-state index contributed by atoms with van der Waals surface area (Å²) in [6.07, 6.45) is 1.61. The van der Waals surface area contributed by atoms with Gasteiger partial charge in [0.05, 0.1) is 13.3 Å². The molecule has 9 nitrogen and oxygen atoms in total. The van der Waals surface area contributed by atoms with Gasteiger partial charge in [0, 0.05) is 30.7 Å². The minimum atomic E-state index is -0.425.